The van der Waals surface area contributed by atoms with Crippen molar-refractivity contribution in [1.82, 2.24) is 4.90 Å². The van der Waals surface area contributed by atoms with Gasteiger partial charge in [0.15, 0.2) is 0 Å². The Labute approximate surface area is 113 Å². The van der Waals surface area contributed by atoms with Gasteiger partial charge >= 0.3 is 6.09 Å². The summed E-state index contributed by atoms with van der Waals surface area (Å²) < 4.78 is 23.4. The number of amides is 1. The molecular formula is C14H22FNO3. The molecular weight excluding hydrogens is 249 g/mol. The molecule has 19 heavy (non-hydrogen) atoms. The van der Waals surface area contributed by atoms with Crippen molar-refractivity contribution in [3.63, 3.8) is 0 Å². The Kier molecular flexibility index (Phi) is 4.74. The summed E-state index contributed by atoms with van der Waals surface area (Å²) in [4.78, 5) is 13.3. The third-order valence-electron chi connectivity index (χ3n) is 2.66. The fraction of sp³-hybridized carbons (Fsp3) is 0.643. The lowest BCUT2D eigenvalue weighted by atomic mass is 9.90. The summed E-state index contributed by atoms with van der Waals surface area (Å²) in [5.41, 5.74) is -1.09. The number of nitrogens with zero attached hydrogens (tertiary/aromatic N) is 1. The van der Waals surface area contributed by atoms with E-state index in [2.05, 4.69) is 13.2 Å². The van der Waals surface area contributed by atoms with Gasteiger partial charge in [-0.25, -0.2) is 9.18 Å². The summed E-state index contributed by atoms with van der Waals surface area (Å²) in [6, 6.07) is 0. The van der Waals surface area contributed by atoms with Gasteiger partial charge in [-0.3, -0.25) is 0 Å². The molecule has 0 radical (unpaired) electrons. The van der Waals surface area contributed by atoms with Crippen LogP contribution < -0.4 is 0 Å². The third kappa shape index (κ3) is 4.67. The summed E-state index contributed by atoms with van der Waals surface area (Å²) >= 11 is 0. The Balaban J connectivity index is 2.52. The van der Waals surface area contributed by atoms with E-state index in [1.54, 1.807) is 6.08 Å². The number of hydrogen-bond donors (Lipinski definition) is 0. The Bertz CT molecular complexity index is 367. The zero-order valence-corrected chi connectivity index (χ0v) is 11.9. The van der Waals surface area contributed by atoms with Gasteiger partial charge in [0.2, 0.25) is 0 Å². The van der Waals surface area contributed by atoms with Gasteiger partial charge in [0.25, 0.3) is 0 Å². The second-order valence-electron chi connectivity index (χ2n) is 5.82. The van der Waals surface area contributed by atoms with Gasteiger partial charge in [-0.05, 0) is 27.2 Å². The van der Waals surface area contributed by atoms with Crippen LogP contribution in [-0.2, 0) is 9.47 Å². The van der Waals surface area contributed by atoms with Crippen molar-refractivity contribution in [3.8, 4) is 0 Å². The van der Waals surface area contributed by atoms with Gasteiger partial charge in [-0.15, -0.1) is 6.58 Å². The molecule has 1 heterocycles. The number of likely N-dealkylation sites (tertiary alicyclic amines) is 1. The van der Waals surface area contributed by atoms with Crippen molar-refractivity contribution in [1.29, 1.82) is 0 Å². The van der Waals surface area contributed by atoms with E-state index in [1.807, 2.05) is 20.8 Å². The smallest absolute Gasteiger partial charge is 0.410 e. The highest BCUT2D eigenvalue weighted by Crippen LogP contribution is 2.31. The first-order chi connectivity index (χ1) is 8.67. The summed E-state index contributed by atoms with van der Waals surface area (Å²) in [7, 11) is 0. The molecule has 108 valence electrons. The van der Waals surface area contributed by atoms with E-state index in [0.717, 1.165) is 0 Å². The standard InChI is InChI=1S/C14H22FNO3/c1-6-7-14(18-8-11(2)15)9-16(10-14)12(17)19-13(3,4)5/h6H,1-2,7-10H2,3-5H3. The van der Waals surface area contributed by atoms with Gasteiger partial charge in [0.1, 0.15) is 17.0 Å². The van der Waals surface area contributed by atoms with Crippen LogP contribution in [0.25, 0.3) is 0 Å². The van der Waals surface area contributed by atoms with Crippen LogP contribution >= 0.6 is 0 Å². The van der Waals surface area contributed by atoms with Crippen molar-refractivity contribution >= 4 is 6.09 Å². The third-order valence-corrected chi connectivity index (χ3v) is 2.66. The molecule has 0 N–H and O–H groups in total. The van der Waals surface area contributed by atoms with Gasteiger partial charge in [-0.2, -0.15) is 0 Å². The van der Waals surface area contributed by atoms with E-state index in [0.29, 0.717) is 19.5 Å². The van der Waals surface area contributed by atoms with Crippen LogP contribution in [0.2, 0.25) is 0 Å². The number of carbonyl (C=O) groups is 1. The van der Waals surface area contributed by atoms with Crippen LogP contribution in [-0.4, -0.2) is 41.9 Å². The van der Waals surface area contributed by atoms with Crippen LogP contribution in [0.3, 0.4) is 0 Å². The quantitative estimate of drug-likeness (QED) is 0.721. The molecule has 1 amide bonds. The first-order valence-electron chi connectivity index (χ1n) is 6.23. The van der Waals surface area contributed by atoms with Gasteiger partial charge < -0.3 is 14.4 Å². The number of rotatable bonds is 5. The molecule has 0 aliphatic carbocycles. The molecule has 0 aromatic rings. The molecule has 5 heteroatoms. The maximum absolute atomic E-state index is 12.7. The number of carbonyl (C=O) groups excluding carboxylic acids is 1. The number of ether oxygens (including phenoxy) is 2. The average molecular weight is 271 g/mol. The molecule has 0 atom stereocenters. The monoisotopic (exact) mass is 271 g/mol. The first kappa shape index (κ1) is 15.7. The van der Waals surface area contributed by atoms with E-state index >= 15 is 0 Å². The van der Waals surface area contributed by atoms with Crippen molar-refractivity contribution in [2.45, 2.75) is 38.4 Å². The van der Waals surface area contributed by atoms with Crippen LogP contribution in [0.15, 0.2) is 25.1 Å². The van der Waals surface area contributed by atoms with E-state index in [1.165, 1.54) is 4.90 Å². The summed E-state index contributed by atoms with van der Waals surface area (Å²) in [5.74, 6) is -0.529. The maximum atomic E-state index is 12.7. The molecule has 1 saturated heterocycles. The molecule has 0 aromatic heterocycles. The minimum Gasteiger partial charge on any atom is -0.444 e. The Morgan fingerprint density at radius 3 is 2.47 bits per heavy atom. The van der Waals surface area contributed by atoms with Crippen LogP contribution in [0.4, 0.5) is 9.18 Å². The largest absolute Gasteiger partial charge is 0.444 e. The van der Waals surface area contributed by atoms with E-state index in [4.69, 9.17) is 9.47 Å². The Hall–Kier alpha value is -1.36. The summed E-state index contributed by atoms with van der Waals surface area (Å²) in [5, 5.41) is 0. The second-order valence-corrected chi connectivity index (χ2v) is 5.82. The van der Waals surface area contributed by atoms with Gasteiger partial charge in [-0.1, -0.05) is 12.7 Å². The molecule has 1 fully saturated rings. The Morgan fingerprint density at radius 1 is 1.47 bits per heavy atom. The predicted molar refractivity (Wildman–Crippen MR) is 71.6 cm³/mol. The van der Waals surface area contributed by atoms with Crippen molar-refractivity contribution in [2.24, 2.45) is 0 Å². The molecule has 0 aromatic carbocycles. The second kappa shape index (κ2) is 5.74. The highest BCUT2D eigenvalue weighted by molar-refractivity contribution is 5.69. The normalized spacial score (nSPS) is 17.6. The number of halogens is 1. The zero-order chi connectivity index (χ0) is 14.7. The maximum Gasteiger partial charge on any atom is 0.410 e. The highest BCUT2D eigenvalue weighted by Gasteiger charge is 2.46. The van der Waals surface area contributed by atoms with E-state index in [9.17, 15) is 9.18 Å². The van der Waals surface area contributed by atoms with Crippen LogP contribution in [0.1, 0.15) is 27.2 Å². The molecule has 0 unspecified atom stereocenters. The fourth-order valence-corrected chi connectivity index (χ4v) is 1.88. The summed E-state index contributed by atoms with van der Waals surface area (Å²) in [6.07, 6.45) is 1.88. The van der Waals surface area contributed by atoms with Gasteiger partial charge in [0.05, 0.1) is 19.7 Å². The van der Waals surface area contributed by atoms with Gasteiger partial charge in [0, 0.05) is 0 Å². The molecule has 0 saturated carbocycles. The molecule has 1 rings (SSSR count). The lowest BCUT2D eigenvalue weighted by Gasteiger charge is -2.49. The summed E-state index contributed by atoms with van der Waals surface area (Å²) in [6.45, 7) is 12.8. The predicted octanol–water partition coefficient (Wildman–Crippen LogP) is 3.05. The minimum atomic E-state index is -0.562. The molecule has 1 aliphatic rings. The first-order valence-corrected chi connectivity index (χ1v) is 6.23. The van der Waals surface area contributed by atoms with Crippen LogP contribution in [0.5, 0.6) is 0 Å². The SMILES string of the molecule is C=CCC1(OCC(=C)F)CN(C(=O)OC(C)(C)C)C1. The molecule has 0 bridgehead atoms. The number of hydrogen-bond acceptors (Lipinski definition) is 3. The molecule has 1 aliphatic heterocycles. The molecule has 0 spiro atoms. The molecule has 4 nitrogen and oxygen atoms in total. The fourth-order valence-electron chi connectivity index (χ4n) is 1.88. The zero-order valence-electron chi connectivity index (χ0n) is 11.9. The van der Waals surface area contributed by atoms with Crippen molar-refractivity contribution in [3.05, 3.63) is 25.1 Å². The van der Waals surface area contributed by atoms with Crippen molar-refractivity contribution in [2.75, 3.05) is 19.7 Å². The Morgan fingerprint density at radius 2 is 2.05 bits per heavy atom. The lowest BCUT2D eigenvalue weighted by Crippen LogP contribution is -2.65. The van der Waals surface area contributed by atoms with E-state index in [-0.39, 0.29) is 12.7 Å². The van der Waals surface area contributed by atoms with Crippen LogP contribution in [0, 0.1) is 0 Å². The van der Waals surface area contributed by atoms with Crippen molar-refractivity contribution < 1.29 is 18.7 Å². The average Bonchev–Trinajstić information content (AvgIpc) is 2.18. The highest BCUT2D eigenvalue weighted by atomic mass is 19.1. The minimum absolute atomic E-state index is 0.157. The topological polar surface area (TPSA) is 38.8 Å². The van der Waals surface area contributed by atoms with E-state index < -0.39 is 17.0 Å². The lowest BCUT2D eigenvalue weighted by molar-refractivity contribution is -0.134.